The first-order valence-electron chi connectivity index (χ1n) is 5.60. The maximum absolute atomic E-state index is 11.2. The van der Waals surface area contributed by atoms with Gasteiger partial charge in [-0.1, -0.05) is 0 Å². The fraction of sp³-hybridized carbons (Fsp3) is 0.417. The second-order valence-electron chi connectivity index (χ2n) is 4.88. The summed E-state index contributed by atoms with van der Waals surface area (Å²) in [5.74, 6) is 0. The van der Waals surface area contributed by atoms with Gasteiger partial charge in [-0.2, -0.15) is 0 Å². The zero-order chi connectivity index (χ0) is 12.6. The molecular weight excluding hydrogens is 216 g/mol. The van der Waals surface area contributed by atoms with E-state index in [0.29, 0.717) is 6.54 Å². The van der Waals surface area contributed by atoms with Crippen molar-refractivity contribution in [3.8, 4) is 0 Å². The van der Waals surface area contributed by atoms with Crippen LogP contribution in [0, 0.1) is 0 Å². The number of H-pyrrole nitrogens is 2. The predicted octanol–water partition coefficient (Wildman–Crippen LogP) is 1.03. The number of nitrogens with two attached hydrogens (primary N) is 1. The molecule has 0 saturated carbocycles. The van der Waals surface area contributed by atoms with Gasteiger partial charge in [0.15, 0.2) is 0 Å². The lowest BCUT2D eigenvalue weighted by Gasteiger charge is -2.36. The zero-order valence-corrected chi connectivity index (χ0v) is 10.4. The Hall–Kier alpha value is -1.75. The molecule has 0 aliphatic carbocycles. The van der Waals surface area contributed by atoms with E-state index in [1.54, 1.807) is 0 Å². The lowest BCUT2D eigenvalue weighted by atomic mass is 10.0. The Labute approximate surface area is 99.6 Å². The van der Waals surface area contributed by atoms with Crippen molar-refractivity contribution in [2.75, 3.05) is 18.5 Å². The highest BCUT2D eigenvalue weighted by molar-refractivity contribution is 5.79. The largest absolute Gasteiger partial charge is 0.368 e. The Morgan fingerprint density at radius 3 is 2.59 bits per heavy atom. The van der Waals surface area contributed by atoms with Gasteiger partial charge in [-0.25, -0.2) is 4.79 Å². The lowest BCUT2D eigenvalue weighted by Crippen LogP contribution is -2.47. The van der Waals surface area contributed by atoms with Gasteiger partial charge in [-0.3, -0.25) is 0 Å². The molecule has 0 bridgehead atoms. The van der Waals surface area contributed by atoms with Crippen LogP contribution in [0.25, 0.3) is 11.0 Å². The van der Waals surface area contributed by atoms with Gasteiger partial charge >= 0.3 is 5.69 Å². The van der Waals surface area contributed by atoms with Gasteiger partial charge in [-0.15, -0.1) is 0 Å². The van der Waals surface area contributed by atoms with E-state index in [0.717, 1.165) is 16.7 Å². The number of hydrogen-bond donors (Lipinski definition) is 3. The molecule has 0 spiro atoms. The number of rotatable bonds is 3. The van der Waals surface area contributed by atoms with E-state index < -0.39 is 0 Å². The number of aromatic amines is 2. The number of anilines is 1. The third-order valence-corrected chi connectivity index (χ3v) is 3.29. The van der Waals surface area contributed by atoms with Crippen LogP contribution in [0.4, 0.5) is 5.69 Å². The second kappa shape index (κ2) is 3.92. The van der Waals surface area contributed by atoms with Crippen molar-refractivity contribution in [3.05, 3.63) is 28.7 Å². The summed E-state index contributed by atoms with van der Waals surface area (Å²) >= 11 is 0. The molecule has 1 heterocycles. The molecule has 0 unspecified atom stereocenters. The molecule has 0 fully saturated rings. The molecular formula is C12H18N4O. The summed E-state index contributed by atoms with van der Waals surface area (Å²) in [6, 6.07) is 5.82. The fourth-order valence-electron chi connectivity index (χ4n) is 1.72. The van der Waals surface area contributed by atoms with Gasteiger partial charge in [0.2, 0.25) is 0 Å². The van der Waals surface area contributed by atoms with Gasteiger partial charge < -0.3 is 20.6 Å². The molecule has 1 aromatic carbocycles. The predicted molar refractivity (Wildman–Crippen MR) is 70.5 cm³/mol. The van der Waals surface area contributed by atoms with Gasteiger partial charge in [0.1, 0.15) is 0 Å². The number of benzene rings is 1. The van der Waals surface area contributed by atoms with Crippen LogP contribution in [0.1, 0.15) is 13.8 Å². The molecule has 0 aliphatic heterocycles. The molecule has 1 aromatic heterocycles. The molecule has 0 aliphatic rings. The topological polar surface area (TPSA) is 77.9 Å². The average molecular weight is 234 g/mol. The highest BCUT2D eigenvalue weighted by atomic mass is 16.1. The number of imidazole rings is 1. The van der Waals surface area contributed by atoms with Crippen molar-refractivity contribution in [1.82, 2.24) is 9.97 Å². The zero-order valence-electron chi connectivity index (χ0n) is 10.4. The van der Waals surface area contributed by atoms with Crippen molar-refractivity contribution in [2.45, 2.75) is 19.4 Å². The summed E-state index contributed by atoms with van der Waals surface area (Å²) in [6.45, 7) is 4.72. The van der Waals surface area contributed by atoms with Crippen LogP contribution in [-0.2, 0) is 0 Å². The maximum Gasteiger partial charge on any atom is 0.323 e. The summed E-state index contributed by atoms with van der Waals surface area (Å²) in [4.78, 5) is 18.8. The van der Waals surface area contributed by atoms with Crippen LogP contribution in [-0.4, -0.2) is 29.1 Å². The Kier molecular flexibility index (Phi) is 2.71. The van der Waals surface area contributed by atoms with Crippen molar-refractivity contribution in [1.29, 1.82) is 0 Å². The van der Waals surface area contributed by atoms with Crippen LogP contribution in [0.15, 0.2) is 23.0 Å². The van der Waals surface area contributed by atoms with E-state index in [1.165, 1.54) is 0 Å². The smallest absolute Gasteiger partial charge is 0.323 e. The molecule has 0 saturated heterocycles. The van der Waals surface area contributed by atoms with Crippen LogP contribution < -0.4 is 16.3 Å². The van der Waals surface area contributed by atoms with E-state index in [9.17, 15) is 4.79 Å². The Morgan fingerprint density at radius 1 is 1.29 bits per heavy atom. The fourth-order valence-corrected chi connectivity index (χ4v) is 1.72. The Morgan fingerprint density at radius 2 is 1.94 bits per heavy atom. The Balaban J connectivity index is 2.45. The van der Waals surface area contributed by atoms with Crippen LogP contribution in [0.5, 0.6) is 0 Å². The molecule has 0 atom stereocenters. The van der Waals surface area contributed by atoms with E-state index in [1.807, 2.05) is 25.2 Å². The molecule has 17 heavy (non-hydrogen) atoms. The number of nitrogens with one attached hydrogen (secondary N) is 2. The summed E-state index contributed by atoms with van der Waals surface area (Å²) in [7, 11) is 2.00. The van der Waals surface area contributed by atoms with Crippen molar-refractivity contribution in [2.24, 2.45) is 5.73 Å². The van der Waals surface area contributed by atoms with Crippen molar-refractivity contribution < 1.29 is 0 Å². The van der Waals surface area contributed by atoms with Gasteiger partial charge in [0.25, 0.3) is 0 Å². The number of nitrogens with zero attached hydrogens (tertiary/aromatic N) is 1. The summed E-state index contributed by atoms with van der Waals surface area (Å²) in [6.07, 6.45) is 0. The van der Waals surface area contributed by atoms with Crippen molar-refractivity contribution in [3.63, 3.8) is 0 Å². The molecule has 4 N–H and O–H groups in total. The van der Waals surface area contributed by atoms with Gasteiger partial charge in [-0.05, 0) is 32.0 Å². The molecule has 5 heteroatoms. The average Bonchev–Trinajstić information content (AvgIpc) is 2.66. The minimum absolute atomic E-state index is 0.121. The van der Waals surface area contributed by atoms with Gasteiger partial charge in [0.05, 0.1) is 11.0 Å². The summed E-state index contributed by atoms with van der Waals surface area (Å²) in [5, 5.41) is 0. The van der Waals surface area contributed by atoms with E-state index in [-0.39, 0.29) is 11.2 Å². The van der Waals surface area contributed by atoms with Gasteiger partial charge in [0, 0.05) is 24.8 Å². The van der Waals surface area contributed by atoms with E-state index in [4.69, 9.17) is 5.73 Å². The second-order valence-corrected chi connectivity index (χ2v) is 4.88. The molecule has 92 valence electrons. The summed E-state index contributed by atoms with van der Waals surface area (Å²) < 4.78 is 0. The third kappa shape index (κ3) is 2.06. The lowest BCUT2D eigenvalue weighted by molar-refractivity contribution is 0.499. The number of likely N-dealkylation sites (N-methyl/N-ethyl adjacent to an activating group) is 1. The molecule has 0 radical (unpaired) electrons. The highest BCUT2D eigenvalue weighted by Gasteiger charge is 2.22. The normalized spacial score (nSPS) is 12.0. The SMILES string of the molecule is CN(c1ccc2[nH]c(=O)[nH]c2c1)C(C)(C)CN. The molecule has 2 aromatic rings. The summed E-state index contributed by atoms with van der Waals surface area (Å²) in [5.41, 5.74) is 8.11. The van der Waals surface area contributed by atoms with Crippen LogP contribution in [0.3, 0.4) is 0 Å². The minimum Gasteiger partial charge on any atom is -0.368 e. The molecule has 5 nitrogen and oxygen atoms in total. The number of aromatic nitrogens is 2. The highest BCUT2D eigenvalue weighted by Crippen LogP contribution is 2.23. The number of fused-ring (bicyclic) bond motifs is 1. The maximum atomic E-state index is 11.2. The van der Waals surface area contributed by atoms with Crippen LogP contribution in [0.2, 0.25) is 0 Å². The molecule has 2 rings (SSSR count). The number of hydrogen-bond acceptors (Lipinski definition) is 3. The standard InChI is InChI=1S/C12H18N4O/c1-12(2,7-13)16(3)8-4-5-9-10(6-8)15-11(17)14-9/h4-6H,7,13H2,1-3H3,(H2,14,15,17). The first-order valence-corrected chi connectivity index (χ1v) is 5.60. The first kappa shape index (κ1) is 11.7. The van der Waals surface area contributed by atoms with Crippen LogP contribution >= 0.6 is 0 Å². The Bertz CT molecular complexity index is 581. The van der Waals surface area contributed by atoms with Crippen molar-refractivity contribution >= 4 is 16.7 Å². The monoisotopic (exact) mass is 234 g/mol. The van der Waals surface area contributed by atoms with E-state index >= 15 is 0 Å². The quantitative estimate of drug-likeness (QED) is 0.742. The third-order valence-electron chi connectivity index (χ3n) is 3.29. The molecule has 0 amide bonds. The van der Waals surface area contributed by atoms with E-state index in [2.05, 4.69) is 28.7 Å². The minimum atomic E-state index is -0.183. The first-order chi connectivity index (χ1) is 7.94.